The van der Waals surface area contributed by atoms with Crippen molar-refractivity contribution in [2.45, 2.75) is 6.42 Å². The zero-order chi connectivity index (χ0) is 17.7. The van der Waals surface area contributed by atoms with E-state index in [2.05, 4.69) is 15.9 Å². The van der Waals surface area contributed by atoms with Gasteiger partial charge in [-0.05, 0) is 22.0 Å². The van der Waals surface area contributed by atoms with E-state index in [1.165, 1.54) is 7.11 Å². The summed E-state index contributed by atoms with van der Waals surface area (Å²) in [4.78, 5) is 11.5. The van der Waals surface area contributed by atoms with Gasteiger partial charge in [-0.3, -0.25) is 0 Å². The molecular formula is C18H19BrO5. The van der Waals surface area contributed by atoms with E-state index < -0.39 is 5.97 Å². The minimum Gasteiger partial charge on any atom is -0.495 e. The van der Waals surface area contributed by atoms with Gasteiger partial charge in [-0.25, -0.2) is 4.79 Å². The molecule has 0 saturated heterocycles. The molecule has 2 rings (SSSR count). The number of aliphatic carboxylic acids is 1. The molecular weight excluding hydrogens is 376 g/mol. The highest BCUT2D eigenvalue weighted by Gasteiger charge is 2.19. The third-order valence-electron chi connectivity index (χ3n) is 3.67. The highest BCUT2D eigenvalue weighted by molar-refractivity contribution is 9.10. The summed E-state index contributed by atoms with van der Waals surface area (Å²) in [5.74, 6) is 0.233. The Hall–Kier alpha value is -2.05. The van der Waals surface area contributed by atoms with Gasteiger partial charge < -0.3 is 19.3 Å². The Balaban J connectivity index is 2.77. The maximum atomic E-state index is 11.5. The number of rotatable bonds is 7. The normalized spacial score (nSPS) is 11.6. The van der Waals surface area contributed by atoms with Crippen molar-refractivity contribution in [1.82, 2.24) is 0 Å². The number of benzene rings is 2. The van der Waals surface area contributed by atoms with Gasteiger partial charge in [0.05, 0.1) is 25.3 Å². The number of carboxylic acid groups (broad SMARTS) is 1. The smallest absolute Gasteiger partial charge is 0.331 e. The van der Waals surface area contributed by atoms with Crippen LogP contribution in [0.5, 0.6) is 11.5 Å². The maximum Gasteiger partial charge on any atom is 0.331 e. The second kappa shape index (κ2) is 8.17. The van der Waals surface area contributed by atoms with Crippen LogP contribution in [0.1, 0.15) is 12.0 Å². The predicted octanol–water partition coefficient (Wildman–Crippen LogP) is 4.12. The van der Waals surface area contributed by atoms with Crippen LogP contribution in [0.15, 0.2) is 34.3 Å². The molecule has 0 unspecified atom stereocenters. The summed E-state index contributed by atoms with van der Waals surface area (Å²) in [5, 5.41) is 11.2. The van der Waals surface area contributed by atoms with Crippen LogP contribution in [0.3, 0.4) is 0 Å². The van der Waals surface area contributed by atoms with Gasteiger partial charge in [-0.2, -0.15) is 0 Å². The molecule has 0 amide bonds. The summed E-state index contributed by atoms with van der Waals surface area (Å²) in [6.07, 6.45) is 1.88. The van der Waals surface area contributed by atoms with Crippen molar-refractivity contribution >= 4 is 38.7 Å². The Morgan fingerprint density at radius 1 is 1.12 bits per heavy atom. The first-order valence-electron chi connectivity index (χ1n) is 7.30. The van der Waals surface area contributed by atoms with Gasteiger partial charge in [0.15, 0.2) is 0 Å². The molecule has 0 saturated carbocycles. The van der Waals surface area contributed by atoms with E-state index in [1.54, 1.807) is 20.3 Å². The van der Waals surface area contributed by atoms with Crippen molar-refractivity contribution in [2.75, 3.05) is 27.9 Å². The lowest BCUT2D eigenvalue weighted by Crippen LogP contribution is -2.04. The first-order valence-corrected chi connectivity index (χ1v) is 8.09. The maximum absolute atomic E-state index is 11.5. The van der Waals surface area contributed by atoms with Crippen molar-refractivity contribution in [1.29, 1.82) is 0 Å². The average Bonchev–Trinajstić information content (AvgIpc) is 2.58. The van der Waals surface area contributed by atoms with E-state index in [9.17, 15) is 9.90 Å². The van der Waals surface area contributed by atoms with E-state index in [1.807, 2.05) is 24.3 Å². The van der Waals surface area contributed by atoms with Crippen LogP contribution >= 0.6 is 15.9 Å². The number of ether oxygens (including phenoxy) is 3. The SMILES string of the molecule is COCC/C(=C\c1c(Br)c(OC)c2ccccc2c1OC)C(=O)O. The van der Waals surface area contributed by atoms with Crippen LogP contribution in [0.25, 0.3) is 16.8 Å². The molecule has 0 heterocycles. The third kappa shape index (κ3) is 3.55. The number of halogens is 1. The molecule has 1 N–H and O–H groups in total. The fourth-order valence-corrected chi connectivity index (χ4v) is 3.21. The number of methoxy groups -OCH3 is 3. The molecule has 24 heavy (non-hydrogen) atoms. The van der Waals surface area contributed by atoms with Crippen LogP contribution < -0.4 is 9.47 Å². The average molecular weight is 395 g/mol. The van der Waals surface area contributed by atoms with Crippen molar-refractivity contribution < 1.29 is 24.1 Å². The van der Waals surface area contributed by atoms with Gasteiger partial charge in [0.2, 0.25) is 0 Å². The fourth-order valence-electron chi connectivity index (χ4n) is 2.54. The summed E-state index contributed by atoms with van der Waals surface area (Å²) in [6, 6.07) is 7.65. The summed E-state index contributed by atoms with van der Waals surface area (Å²) < 4.78 is 16.7. The highest BCUT2D eigenvalue weighted by Crippen LogP contribution is 2.44. The lowest BCUT2D eigenvalue weighted by molar-refractivity contribution is -0.132. The number of carboxylic acids is 1. The van der Waals surface area contributed by atoms with Gasteiger partial charge in [-0.15, -0.1) is 0 Å². The second-order valence-electron chi connectivity index (χ2n) is 5.06. The number of fused-ring (bicyclic) bond motifs is 1. The van der Waals surface area contributed by atoms with Gasteiger partial charge >= 0.3 is 5.97 Å². The number of hydrogen-bond donors (Lipinski definition) is 1. The Morgan fingerprint density at radius 3 is 2.21 bits per heavy atom. The lowest BCUT2D eigenvalue weighted by atomic mass is 10.0. The third-order valence-corrected chi connectivity index (χ3v) is 4.46. The Bertz CT molecular complexity index is 783. The van der Waals surface area contributed by atoms with Crippen molar-refractivity contribution in [3.05, 3.63) is 39.9 Å². The van der Waals surface area contributed by atoms with Crippen molar-refractivity contribution in [2.24, 2.45) is 0 Å². The molecule has 0 spiro atoms. The van der Waals surface area contributed by atoms with Gasteiger partial charge in [0, 0.05) is 35.4 Å². The molecule has 2 aromatic rings. The van der Waals surface area contributed by atoms with Gasteiger partial charge in [0.1, 0.15) is 11.5 Å². The van der Waals surface area contributed by atoms with E-state index in [-0.39, 0.29) is 12.0 Å². The van der Waals surface area contributed by atoms with Crippen molar-refractivity contribution in [3.8, 4) is 11.5 Å². The second-order valence-corrected chi connectivity index (χ2v) is 5.85. The minimum atomic E-state index is -0.992. The van der Waals surface area contributed by atoms with Crippen molar-refractivity contribution in [3.63, 3.8) is 0 Å². The molecule has 0 fully saturated rings. The molecule has 0 atom stereocenters. The molecule has 0 bridgehead atoms. The fraction of sp³-hybridized carbons (Fsp3) is 0.278. The molecule has 6 heteroatoms. The highest BCUT2D eigenvalue weighted by atomic mass is 79.9. The summed E-state index contributed by atoms with van der Waals surface area (Å²) in [5.41, 5.74) is 0.856. The van der Waals surface area contributed by atoms with E-state index >= 15 is 0 Å². The van der Waals surface area contributed by atoms with Crippen LogP contribution in [0, 0.1) is 0 Å². The molecule has 2 aromatic carbocycles. The molecule has 0 aliphatic rings. The van der Waals surface area contributed by atoms with Crippen LogP contribution in [-0.2, 0) is 9.53 Å². The standard InChI is InChI=1S/C18H19BrO5/c1-22-9-8-11(18(20)21)10-14-15(19)17(24-3)13-7-5-4-6-12(13)16(14)23-2/h4-7,10H,8-9H2,1-3H3,(H,20,21)/b11-10+. The predicted molar refractivity (Wildman–Crippen MR) is 96.9 cm³/mol. The molecule has 0 aliphatic heterocycles. The van der Waals surface area contributed by atoms with E-state index in [0.29, 0.717) is 28.1 Å². The largest absolute Gasteiger partial charge is 0.495 e. The van der Waals surface area contributed by atoms with E-state index in [0.717, 1.165) is 10.8 Å². The summed E-state index contributed by atoms with van der Waals surface area (Å²) in [7, 11) is 4.68. The topological polar surface area (TPSA) is 65.0 Å². The Labute approximate surface area is 149 Å². The van der Waals surface area contributed by atoms with Crippen LogP contribution in [0.4, 0.5) is 0 Å². The molecule has 0 aliphatic carbocycles. The lowest BCUT2D eigenvalue weighted by Gasteiger charge is -2.16. The zero-order valence-corrected chi connectivity index (χ0v) is 15.3. The first kappa shape index (κ1) is 18.3. The number of carbonyl (C=O) groups is 1. The quantitative estimate of drug-likeness (QED) is 0.715. The summed E-state index contributed by atoms with van der Waals surface area (Å²) >= 11 is 3.53. The van der Waals surface area contributed by atoms with Crippen LogP contribution in [0.2, 0.25) is 0 Å². The summed E-state index contributed by atoms with van der Waals surface area (Å²) in [6.45, 7) is 0.322. The Kier molecular flexibility index (Phi) is 6.23. The molecule has 0 aromatic heterocycles. The van der Waals surface area contributed by atoms with Gasteiger partial charge in [0.25, 0.3) is 0 Å². The molecule has 128 valence electrons. The Morgan fingerprint density at radius 2 is 1.71 bits per heavy atom. The number of hydrogen-bond acceptors (Lipinski definition) is 4. The first-order chi connectivity index (χ1) is 11.5. The molecule has 5 nitrogen and oxygen atoms in total. The minimum absolute atomic E-state index is 0.230. The van der Waals surface area contributed by atoms with Crippen LogP contribution in [-0.4, -0.2) is 39.0 Å². The monoisotopic (exact) mass is 394 g/mol. The zero-order valence-electron chi connectivity index (χ0n) is 13.8. The van der Waals surface area contributed by atoms with E-state index in [4.69, 9.17) is 14.2 Å². The molecule has 0 radical (unpaired) electrons. The van der Waals surface area contributed by atoms with Gasteiger partial charge in [-0.1, -0.05) is 24.3 Å².